The molecule has 0 saturated carbocycles. The molecule has 0 aromatic heterocycles. The van der Waals surface area contributed by atoms with Gasteiger partial charge in [-0.05, 0) is 0 Å². The van der Waals surface area contributed by atoms with E-state index in [1.54, 1.807) is 0 Å². The van der Waals surface area contributed by atoms with Crippen LogP contribution in [0.25, 0.3) is 0 Å². The van der Waals surface area contributed by atoms with Gasteiger partial charge in [-0.2, -0.15) is 0 Å². The fraction of sp³-hybridized carbons (Fsp3) is 0.273. The van der Waals surface area contributed by atoms with Crippen LogP contribution in [-0.2, 0) is 0 Å². The summed E-state index contributed by atoms with van der Waals surface area (Å²) in [4.78, 5) is 1.86. The fourth-order valence-electron chi connectivity index (χ4n) is 1.06. The minimum absolute atomic E-state index is 0.567. The molecule has 0 unspecified atom stereocenters. The summed E-state index contributed by atoms with van der Waals surface area (Å²) >= 11 is 6.63. The zero-order valence-electron chi connectivity index (χ0n) is 9.25. The van der Waals surface area contributed by atoms with Gasteiger partial charge in [-0.1, -0.05) is 59.5 Å². The first-order chi connectivity index (χ1) is 7.65. The Balaban J connectivity index is 2.62. The van der Waals surface area contributed by atoms with Crippen LogP contribution in [0.4, 0.5) is 0 Å². The van der Waals surface area contributed by atoms with Crippen LogP contribution in [0.5, 0.6) is 0 Å². The number of thioether (sulfide) groups is 1. The molecule has 16 heavy (non-hydrogen) atoms. The van der Waals surface area contributed by atoms with E-state index in [2.05, 4.69) is 5.16 Å². The van der Waals surface area contributed by atoms with E-state index in [9.17, 15) is 0 Å². The van der Waals surface area contributed by atoms with Crippen molar-refractivity contribution < 1.29 is 5.21 Å². The van der Waals surface area contributed by atoms with E-state index in [0.29, 0.717) is 11.5 Å². The van der Waals surface area contributed by atoms with Crippen LogP contribution >= 0.6 is 24.0 Å². The Morgan fingerprint density at radius 2 is 2.00 bits per heavy atom. The third-order valence-corrected chi connectivity index (χ3v) is 3.67. The minimum atomic E-state index is 0.567. The van der Waals surface area contributed by atoms with Crippen molar-refractivity contribution in [2.45, 2.75) is 0 Å². The summed E-state index contributed by atoms with van der Waals surface area (Å²) < 4.78 is 0.775. The van der Waals surface area contributed by atoms with E-state index >= 15 is 0 Å². The van der Waals surface area contributed by atoms with Gasteiger partial charge < -0.3 is 10.1 Å². The highest BCUT2D eigenvalue weighted by atomic mass is 32.2. The van der Waals surface area contributed by atoms with Gasteiger partial charge in [0.25, 0.3) is 0 Å². The maximum atomic E-state index is 8.95. The topological polar surface area (TPSA) is 35.8 Å². The maximum absolute atomic E-state index is 8.95. The van der Waals surface area contributed by atoms with Crippen LogP contribution in [0.2, 0.25) is 0 Å². The Morgan fingerprint density at radius 3 is 2.50 bits per heavy atom. The first-order valence-electron chi connectivity index (χ1n) is 4.75. The normalized spacial score (nSPS) is 11.2. The molecule has 0 aliphatic carbocycles. The van der Waals surface area contributed by atoms with Crippen LogP contribution in [0.1, 0.15) is 5.56 Å². The largest absolute Gasteiger partial charge is 0.411 e. The summed E-state index contributed by atoms with van der Waals surface area (Å²) in [7, 11) is 3.79. The van der Waals surface area contributed by atoms with Crippen molar-refractivity contribution in [3.8, 4) is 0 Å². The van der Waals surface area contributed by atoms with Crippen LogP contribution < -0.4 is 0 Å². The smallest absolute Gasteiger partial charge is 0.136 e. The molecular formula is C11H14N2OS2. The van der Waals surface area contributed by atoms with Gasteiger partial charge in [-0.15, -0.1) is 0 Å². The van der Waals surface area contributed by atoms with Crippen molar-refractivity contribution in [3.63, 3.8) is 0 Å². The number of hydrogen-bond donors (Lipinski definition) is 1. The van der Waals surface area contributed by atoms with Crippen molar-refractivity contribution in [2.24, 2.45) is 5.16 Å². The first-order valence-corrected chi connectivity index (χ1v) is 6.15. The van der Waals surface area contributed by atoms with Gasteiger partial charge in [0.2, 0.25) is 0 Å². The summed E-state index contributed by atoms with van der Waals surface area (Å²) in [6.45, 7) is 0. The van der Waals surface area contributed by atoms with Gasteiger partial charge in [0, 0.05) is 25.4 Å². The van der Waals surface area contributed by atoms with Gasteiger partial charge in [0.05, 0.1) is 5.71 Å². The summed E-state index contributed by atoms with van der Waals surface area (Å²) in [6.07, 6.45) is 0. The molecular weight excluding hydrogens is 240 g/mol. The molecule has 0 heterocycles. The molecule has 0 spiro atoms. The van der Waals surface area contributed by atoms with E-state index in [0.717, 1.165) is 9.88 Å². The Kier molecular flexibility index (Phi) is 5.28. The SMILES string of the molecule is CN(C)C(=S)SC/C(=N\O)c1ccccc1. The number of thiocarbonyl (C=S) groups is 1. The van der Waals surface area contributed by atoms with Crippen LogP contribution in [-0.4, -0.2) is 40.0 Å². The monoisotopic (exact) mass is 254 g/mol. The number of rotatable bonds is 3. The van der Waals surface area contributed by atoms with Crippen LogP contribution in [0, 0.1) is 0 Å². The zero-order chi connectivity index (χ0) is 12.0. The highest BCUT2D eigenvalue weighted by molar-refractivity contribution is 8.23. The summed E-state index contributed by atoms with van der Waals surface area (Å²) in [5.74, 6) is 0.567. The molecule has 0 amide bonds. The molecule has 1 N–H and O–H groups in total. The zero-order valence-corrected chi connectivity index (χ0v) is 10.9. The fourth-order valence-corrected chi connectivity index (χ4v) is 1.98. The molecule has 1 rings (SSSR count). The van der Waals surface area contributed by atoms with E-state index in [4.69, 9.17) is 17.4 Å². The summed E-state index contributed by atoms with van der Waals surface area (Å²) in [6, 6.07) is 9.57. The molecule has 1 aromatic rings. The third-order valence-electron chi connectivity index (χ3n) is 1.93. The Hall–Kier alpha value is -1.07. The third kappa shape index (κ3) is 3.83. The molecule has 0 fully saturated rings. The highest BCUT2D eigenvalue weighted by Gasteiger charge is 2.07. The molecule has 0 aliphatic heterocycles. The quantitative estimate of drug-likeness (QED) is 0.389. The number of hydrogen-bond acceptors (Lipinski definition) is 4. The second-order valence-electron chi connectivity index (χ2n) is 3.36. The molecule has 0 bridgehead atoms. The Morgan fingerprint density at radius 1 is 1.38 bits per heavy atom. The molecule has 0 atom stereocenters. The van der Waals surface area contributed by atoms with Gasteiger partial charge in [-0.25, -0.2) is 0 Å². The number of nitrogens with zero attached hydrogens (tertiary/aromatic N) is 2. The molecule has 5 heteroatoms. The van der Waals surface area contributed by atoms with Crippen molar-refractivity contribution in [3.05, 3.63) is 35.9 Å². The second-order valence-corrected chi connectivity index (χ2v) is 4.97. The second kappa shape index (κ2) is 6.50. The average molecular weight is 254 g/mol. The lowest BCUT2D eigenvalue weighted by Crippen LogP contribution is -2.18. The van der Waals surface area contributed by atoms with E-state index < -0.39 is 0 Å². The molecule has 1 aromatic carbocycles. The lowest BCUT2D eigenvalue weighted by atomic mass is 10.1. The molecule has 3 nitrogen and oxygen atoms in total. The van der Waals surface area contributed by atoms with E-state index in [1.165, 1.54) is 11.8 Å². The number of benzene rings is 1. The van der Waals surface area contributed by atoms with Crippen LogP contribution in [0.3, 0.4) is 0 Å². The predicted molar refractivity (Wildman–Crippen MR) is 73.5 cm³/mol. The average Bonchev–Trinajstić information content (AvgIpc) is 2.30. The summed E-state index contributed by atoms with van der Waals surface area (Å²) in [5, 5.41) is 12.3. The summed E-state index contributed by atoms with van der Waals surface area (Å²) in [5.41, 5.74) is 1.55. The number of oxime groups is 1. The lowest BCUT2D eigenvalue weighted by molar-refractivity contribution is 0.319. The molecule has 0 radical (unpaired) electrons. The van der Waals surface area contributed by atoms with Crippen molar-refractivity contribution in [2.75, 3.05) is 19.8 Å². The predicted octanol–water partition coefficient (Wildman–Crippen LogP) is 2.44. The van der Waals surface area contributed by atoms with Gasteiger partial charge >= 0.3 is 0 Å². The first kappa shape index (κ1) is 13.0. The molecule has 86 valence electrons. The van der Waals surface area contributed by atoms with Crippen molar-refractivity contribution in [1.82, 2.24) is 4.90 Å². The standard InChI is InChI=1S/C11H14N2OS2/c1-13(2)11(15)16-8-10(12-14)9-6-4-3-5-7-9/h3-7,14H,8H2,1-2H3/b12-10+. The Labute approximate surface area is 105 Å². The highest BCUT2D eigenvalue weighted by Crippen LogP contribution is 2.11. The minimum Gasteiger partial charge on any atom is -0.411 e. The van der Waals surface area contributed by atoms with Crippen molar-refractivity contribution >= 4 is 34.0 Å². The van der Waals surface area contributed by atoms with E-state index in [-0.39, 0.29) is 0 Å². The lowest BCUT2D eigenvalue weighted by Gasteiger charge is -2.12. The van der Waals surface area contributed by atoms with Crippen LogP contribution in [0.15, 0.2) is 35.5 Å². The Bertz CT molecular complexity index is 377. The molecule has 0 saturated heterocycles. The van der Waals surface area contributed by atoms with Gasteiger partial charge in [0.1, 0.15) is 4.32 Å². The van der Waals surface area contributed by atoms with Gasteiger partial charge in [0.15, 0.2) is 0 Å². The van der Waals surface area contributed by atoms with Crippen molar-refractivity contribution in [1.29, 1.82) is 0 Å². The molecule has 0 aliphatic rings. The van der Waals surface area contributed by atoms with E-state index in [1.807, 2.05) is 49.3 Å². The van der Waals surface area contributed by atoms with Gasteiger partial charge in [-0.3, -0.25) is 0 Å². The maximum Gasteiger partial charge on any atom is 0.136 e.